The zero-order chi connectivity index (χ0) is 28.3. The van der Waals surface area contributed by atoms with Crippen molar-refractivity contribution in [1.29, 1.82) is 0 Å². The van der Waals surface area contributed by atoms with E-state index in [2.05, 4.69) is 16.5 Å². The Labute approximate surface area is 236 Å². The number of benzene rings is 2. The molecule has 2 aromatic carbocycles. The second-order valence-electron chi connectivity index (χ2n) is 10.5. The lowest BCUT2D eigenvalue weighted by Crippen LogP contribution is -2.67. The maximum Gasteiger partial charge on any atom is 0.251 e. The van der Waals surface area contributed by atoms with Gasteiger partial charge in [-0.15, -0.1) is 0 Å². The van der Waals surface area contributed by atoms with Crippen LogP contribution in [0.15, 0.2) is 61.4 Å². The molecule has 0 bridgehead atoms. The van der Waals surface area contributed by atoms with Crippen LogP contribution < -0.4 is 9.80 Å². The molecule has 2 amide bonds. The van der Waals surface area contributed by atoms with E-state index in [1.54, 1.807) is 30.3 Å². The van der Waals surface area contributed by atoms with Crippen molar-refractivity contribution in [2.45, 2.75) is 12.1 Å². The average molecular weight is 559 g/mol. The zero-order valence-corrected chi connectivity index (χ0v) is 23.2. The molecule has 2 aromatic heterocycles. The molecule has 0 aliphatic carbocycles. The number of anilines is 2. The van der Waals surface area contributed by atoms with Crippen molar-refractivity contribution >= 4 is 56.5 Å². The van der Waals surface area contributed by atoms with Gasteiger partial charge in [-0.05, 0) is 31.6 Å². The summed E-state index contributed by atoms with van der Waals surface area (Å²) in [5.74, 6) is -0.943. The monoisotopic (exact) mass is 558 g/mol. The first-order chi connectivity index (χ1) is 19.2. The van der Waals surface area contributed by atoms with Crippen molar-refractivity contribution < 1.29 is 14.0 Å². The number of halogens is 2. The summed E-state index contributed by atoms with van der Waals surface area (Å²) in [6.07, 6.45) is 4.44. The summed E-state index contributed by atoms with van der Waals surface area (Å²) in [7, 11) is 5.55. The fourth-order valence-corrected chi connectivity index (χ4v) is 6.27. The normalized spacial score (nSPS) is 18.9. The van der Waals surface area contributed by atoms with Crippen molar-refractivity contribution in [3.05, 3.63) is 72.3 Å². The topological polar surface area (TPSA) is 72.9 Å². The molecule has 2 aliphatic heterocycles. The number of carbonyl (C=O) groups is 2. The molecule has 2 unspecified atom stereocenters. The number of fused-ring (bicyclic) bond motifs is 6. The van der Waals surface area contributed by atoms with Crippen molar-refractivity contribution in [3.8, 4) is 11.3 Å². The first-order valence-electron chi connectivity index (χ1n) is 13.0. The highest BCUT2D eigenvalue weighted by atomic mass is 35.5. The van der Waals surface area contributed by atoms with Crippen molar-refractivity contribution in [2.24, 2.45) is 0 Å². The van der Waals surface area contributed by atoms with Gasteiger partial charge in [0, 0.05) is 47.7 Å². The average Bonchev–Trinajstić information content (AvgIpc) is 2.94. The Morgan fingerprint density at radius 3 is 2.65 bits per heavy atom. The van der Waals surface area contributed by atoms with E-state index in [1.165, 1.54) is 17.2 Å². The number of rotatable bonds is 4. The van der Waals surface area contributed by atoms with Gasteiger partial charge in [0.2, 0.25) is 5.91 Å². The second kappa shape index (κ2) is 9.83. The predicted octanol–water partition coefficient (Wildman–Crippen LogP) is 4.35. The van der Waals surface area contributed by atoms with Gasteiger partial charge in [0.15, 0.2) is 5.82 Å². The lowest BCUT2D eigenvalue weighted by atomic mass is 9.97. The molecule has 0 N–H and O–H groups in total. The number of likely N-dealkylation sites (N-methyl/N-ethyl adjacent to an activating group) is 2. The van der Waals surface area contributed by atoms with E-state index < -0.39 is 11.9 Å². The molecular weight excluding hydrogens is 531 g/mol. The molecule has 0 saturated carbocycles. The molecule has 40 heavy (non-hydrogen) atoms. The lowest BCUT2D eigenvalue weighted by Gasteiger charge is -2.51. The van der Waals surface area contributed by atoms with Gasteiger partial charge in [-0.1, -0.05) is 48.5 Å². The van der Waals surface area contributed by atoms with Crippen LogP contribution in [0.25, 0.3) is 32.9 Å². The third-order valence-electron chi connectivity index (χ3n) is 7.81. The van der Waals surface area contributed by atoms with Gasteiger partial charge in [0.05, 0.1) is 30.2 Å². The molecule has 204 valence electrons. The van der Waals surface area contributed by atoms with E-state index in [0.717, 1.165) is 10.8 Å². The third-order valence-corrected chi connectivity index (χ3v) is 8.12. The Bertz CT molecular complexity index is 1700. The highest BCUT2D eigenvalue weighted by Gasteiger charge is 2.45. The summed E-state index contributed by atoms with van der Waals surface area (Å²) in [5, 5.41) is 2.61. The maximum absolute atomic E-state index is 16.3. The number of nitrogens with zero attached hydrogens (tertiary/aromatic N) is 6. The van der Waals surface area contributed by atoms with Crippen LogP contribution in [0.4, 0.5) is 15.8 Å². The lowest BCUT2D eigenvalue weighted by molar-refractivity contribution is -0.131. The molecule has 4 heterocycles. The number of carbonyl (C=O) groups excluding carboxylic acids is 2. The molecule has 1 saturated heterocycles. The van der Waals surface area contributed by atoms with Crippen LogP contribution in [0.2, 0.25) is 5.02 Å². The van der Waals surface area contributed by atoms with Crippen molar-refractivity contribution in [2.75, 3.05) is 50.6 Å². The quantitative estimate of drug-likeness (QED) is 0.347. The fourth-order valence-electron chi connectivity index (χ4n) is 5.98. The summed E-state index contributed by atoms with van der Waals surface area (Å²) in [6, 6.07) is 10.3. The van der Waals surface area contributed by atoms with E-state index in [1.807, 2.05) is 48.2 Å². The van der Waals surface area contributed by atoms with Gasteiger partial charge in [-0.2, -0.15) is 0 Å². The molecule has 1 fully saturated rings. The molecule has 4 aromatic rings. The Kier molecular flexibility index (Phi) is 6.43. The molecule has 8 nitrogen and oxygen atoms in total. The molecule has 10 heteroatoms. The third kappa shape index (κ3) is 4.00. The van der Waals surface area contributed by atoms with Gasteiger partial charge in [0.25, 0.3) is 5.91 Å². The van der Waals surface area contributed by atoms with E-state index in [4.69, 9.17) is 11.6 Å². The smallest absolute Gasteiger partial charge is 0.251 e. The Hall–Kier alpha value is -4.08. The van der Waals surface area contributed by atoms with Crippen LogP contribution in [0, 0.1) is 5.82 Å². The summed E-state index contributed by atoms with van der Waals surface area (Å²) in [5.41, 5.74) is 2.14. The van der Waals surface area contributed by atoms with Crippen LogP contribution in [-0.4, -0.2) is 84.4 Å². The molecule has 0 radical (unpaired) electrons. The van der Waals surface area contributed by atoms with Crippen LogP contribution in [0.1, 0.15) is 0 Å². The zero-order valence-electron chi connectivity index (χ0n) is 22.4. The number of hydrogen-bond acceptors (Lipinski definition) is 6. The molecule has 2 aliphatic rings. The second-order valence-corrected chi connectivity index (χ2v) is 10.9. The van der Waals surface area contributed by atoms with E-state index in [9.17, 15) is 9.59 Å². The van der Waals surface area contributed by atoms with Gasteiger partial charge in [-0.25, -0.2) is 4.39 Å². The Balaban J connectivity index is 1.53. The number of piperazine rings is 1. The van der Waals surface area contributed by atoms with E-state index >= 15 is 4.39 Å². The van der Waals surface area contributed by atoms with Gasteiger partial charge in [-0.3, -0.25) is 19.6 Å². The largest absolute Gasteiger partial charge is 0.354 e. The van der Waals surface area contributed by atoms with Crippen LogP contribution in [-0.2, 0) is 9.59 Å². The van der Waals surface area contributed by atoms with Gasteiger partial charge >= 0.3 is 0 Å². The molecule has 6 rings (SSSR count). The summed E-state index contributed by atoms with van der Waals surface area (Å²) in [6.45, 7) is 4.82. The fraction of sp³-hybridized carbons (Fsp3) is 0.267. The minimum atomic E-state index is -0.634. The van der Waals surface area contributed by atoms with Crippen LogP contribution in [0.5, 0.6) is 0 Å². The highest BCUT2D eigenvalue weighted by Crippen LogP contribution is 2.44. The van der Waals surface area contributed by atoms with Gasteiger partial charge < -0.3 is 19.6 Å². The predicted molar refractivity (Wildman–Crippen MR) is 156 cm³/mol. The van der Waals surface area contributed by atoms with E-state index in [0.29, 0.717) is 40.4 Å². The number of hydrogen-bond donors (Lipinski definition) is 0. The minimum Gasteiger partial charge on any atom is -0.354 e. The standard InChI is InChI=1S/C30H28ClFN6O2/c1-5-24(39)37-16-23-30(40)36(4)22-13-34-28-20(29(22)38(23)15-18(37)14-35(2)3)12-33-27(26(28)32)19-10-6-8-17-9-7-11-21(31)25(17)19/h5-13,18,23H,1,14-16H2,2-4H3. The molecular formula is C30H28ClFN6O2. The summed E-state index contributed by atoms with van der Waals surface area (Å²) in [4.78, 5) is 42.6. The highest BCUT2D eigenvalue weighted by molar-refractivity contribution is 6.36. The number of pyridine rings is 2. The summed E-state index contributed by atoms with van der Waals surface area (Å²) >= 11 is 6.53. The van der Waals surface area contributed by atoms with Gasteiger partial charge in [0.1, 0.15) is 17.3 Å². The minimum absolute atomic E-state index is 0.155. The van der Waals surface area contributed by atoms with Crippen molar-refractivity contribution in [1.82, 2.24) is 19.8 Å². The summed E-state index contributed by atoms with van der Waals surface area (Å²) < 4.78 is 16.3. The molecule has 0 spiro atoms. The molecule has 2 atom stereocenters. The first-order valence-corrected chi connectivity index (χ1v) is 13.4. The SMILES string of the molecule is C=CC(=O)N1CC2C(=O)N(C)c3cnc4c(F)c(-c5cccc6cccc(Cl)c56)ncc4c3N2CC1CN(C)C. The van der Waals surface area contributed by atoms with E-state index in [-0.39, 0.29) is 35.6 Å². The Morgan fingerprint density at radius 2 is 1.93 bits per heavy atom. The first kappa shape index (κ1) is 26.2. The van der Waals surface area contributed by atoms with Crippen LogP contribution in [0.3, 0.4) is 0 Å². The number of amides is 2. The maximum atomic E-state index is 16.3. The Morgan fingerprint density at radius 1 is 1.18 bits per heavy atom. The van der Waals surface area contributed by atoms with Crippen molar-refractivity contribution in [3.63, 3.8) is 0 Å². The van der Waals surface area contributed by atoms with Crippen LogP contribution >= 0.6 is 11.6 Å². The number of aromatic nitrogens is 2.